The van der Waals surface area contributed by atoms with E-state index in [-0.39, 0.29) is 6.61 Å². The molecule has 1 N–H and O–H groups in total. The zero-order chi connectivity index (χ0) is 15.1. The summed E-state index contributed by atoms with van der Waals surface area (Å²) in [5.41, 5.74) is 1.13. The van der Waals surface area contributed by atoms with Gasteiger partial charge in [-0.3, -0.25) is 4.90 Å². The van der Waals surface area contributed by atoms with Gasteiger partial charge in [0.15, 0.2) is 0 Å². The molecule has 0 saturated heterocycles. The molecule has 0 radical (unpaired) electrons. The van der Waals surface area contributed by atoms with Crippen LogP contribution in [0.5, 0.6) is 5.75 Å². The van der Waals surface area contributed by atoms with Crippen molar-refractivity contribution in [1.82, 2.24) is 4.90 Å². The van der Waals surface area contributed by atoms with Crippen molar-refractivity contribution < 1.29 is 9.84 Å². The highest BCUT2D eigenvalue weighted by Gasteiger charge is 2.10. The topological polar surface area (TPSA) is 32.7 Å². The van der Waals surface area contributed by atoms with Crippen LogP contribution in [0.15, 0.2) is 54.6 Å². The number of ether oxygens (including phenoxy) is 1. The number of halogens is 1. The molecule has 2 aromatic carbocycles. The van der Waals surface area contributed by atoms with Crippen molar-refractivity contribution in [1.29, 1.82) is 0 Å². The van der Waals surface area contributed by atoms with Crippen molar-refractivity contribution in [2.75, 3.05) is 20.2 Å². The van der Waals surface area contributed by atoms with Gasteiger partial charge in [0.25, 0.3) is 0 Å². The van der Waals surface area contributed by atoms with Gasteiger partial charge in [0, 0.05) is 18.1 Å². The van der Waals surface area contributed by atoms with Gasteiger partial charge in [-0.1, -0.05) is 41.9 Å². The fraction of sp³-hybridized carbons (Fsp3) is 0.294. The lowest BCUT2D eigenvalue weighted by Gasteiger charge is -2.21. The van der Waals surface area contributed by atoms with Gasteiger partial charge in [0.1, 0.15) is 18.5 Å². The molecule has 2 aromatic rings. The van der Waals surface area contributed by atoms with Crippen molar-refractivity contribution in [3.63, 3.8) is 0 Å². The van der Waals surface area contributed by atoms with E-state index < -0.39 is 6.10 Å². The summed E-state index contributed by atoms with van der Waals surface area (Å²) >= 11 is 5.96. The third-order valence-corrected chi connectivity index (χ3v) is 3.28. The zero-order valence-corrected chi connectivity index (χ0v) is 12.8. The molecule has 0 heterocycles. The van der Waals surface area contributed by atoms with Gasteiger partial charge in [0.2, 0.25) is 0 Å². The van der Waals surface area contributed by atoms with Crippen LogP contribution in [0.1, 0.15) is 5.56 Å². The van der Waals surface area contributed by atoms with Crippen LogP contribution >= 0.6 is 11.6 Å². The van der Waals surface area contributed by atoms with E-state index in [1.54, 1.807) is 0 Å². The van der Waals surface area contributed by atoms with Crippen molar-refractivity contribution in [3.05, 3.63) is 65.2 Å². The van der Waals surface area contributed by atoms with Crippen LogP contribution in [0.25, 0.3) is 0 Å². The second-order valence-corrected chi connectivity index (χ2v) is 5.54. The summed E-state index contributed by atoms with van der Waals surface area (Å²) < 4.78 is 5.54. The molecule has 3 nitrogen and oxygen atoms in total. The molecule has 0 amide bonds. The Balaban J connectivity index is 1.75. The molecule has 112 valence electrons. The van der Waals surface area contributed by atoms with Crippen molar-refractivity contribution in [2.45, 2.75) is 12.6 Å². The molecule has 1 atom stereocenters. The molecule has 0 bridgehead atoms. The first-order valence-corrected chi connectivity index (χ1v) is 7.30. The summed E-state index contributed by atoms with van der Waals surface area (Å²) in [5, 5.41) is 10.8. The number of aliphatic hydroxyl groups excluding tert-OH is 1. The third kappa shape index (κ3) is 5.76. The highest BCUT2D eigenvalue weighted by Crippen LogP contribution is 2.12. The van der Waals surface area contributed by atoms with Crippen molar-refractivity contribution in [2.24, 2.45) is 0 Å². The van der Waals surface area contributed by atoms with Crippen molar-refractivity contribution >= 4 is 11.6 Å². The summed E-state index contributed by atoms with van der Waals surface area (Å²) in [4.78, 5) is 2.05. The van der Waals surface area contributed by atoms with E-state index in [0.717, 1.165) is 22.9 Å². The van der Waals surface area contributed by atoms with E-state index in [1.807, 2.05) is 66.5 Å². The summed E-state index contributed by atoms with van der Waals surface area (Å²) in [6.45, 7) is 1.56. The van der Waals surface area contributed by atoms with Gasteiger partial charge in [-0.15, -0.1) is 0 Å². The second kappa shape index (κ2) is 8.03. The third-order valence-electron chi connectivity index (χ3n) is 3.05. The molecule has 0 spiro atoms. The Morgan fingerprint density at radius 2 is 1.90 bits per heavy atom. The van der Waals surface area contributed by atoms with E-state index in [0.29, 0.717) is 6.54 Å². The average Bonchev–Trinajstić information content (AvgIpc) is 2.46. The molecule has 0 saturated carbocycles. The first kappa shape index (κ1) is 15.8. The van der Waals surface area contributed by atoms with Gasteiger partial charge in [0.05, 0.1) is 0 Å². The Morgan fingerprint density at radius 1 is 1.14 bits per heavy atom. The number of hydrogen-bond acceptors (Lipinski definition) is 3. The standard InChI is InChI=1S/C17H20ClNO2/c1-19(11-14-6-5-7-15(18)10-14)12-16(20)13-21-17-8-3-2-4-9-17/h2-10,16,20H,11-13H2,1H3. The predicted octanol–water partition coefficient (Wildman–Crippen LogP) is 3.21. The van der Waals surface area contributed by atoms with Gasteiger partial charge in [-0.2, -0.15) is 0 Å². The molecule has 0 aliphatic heterocycles. The number of likely N-dealkylation sites (N-methyl/N-ethyl adjacent to an activating group) is 1. The first-order valence-electron chi connectivity index (χ1n) is 6.92. The molecule has 0 fully saturated rings. The maximum atomic E-state index is 10.0. The monoisotopic (exact) mass is 305 g/mol. The fourth-order valence-corrected chi connectivity index (χ4v) is 2.35. The lowest BCUT2D eigenvalue weighted by atomic mass is 10.2. The zero-order valence-electron chi connectivity index (χ0n) is 12.1. The number of aliphatic hydroxyl groups is 1. The Bertz CT molecular complexity index is 547. The molecule has 0 aliphatic rings. The SMILES string of the molecule is CN(Cc1cccc(Cl)c1)CC(O)COc1ccccc1. The number of para-hydroxylation sites is 1. The van der Waals surface area contributed by atoms with Crippen LogP contribution in [0.4, 0.5) is 0 Å². The van der Waals surface area contributed by atoms with Crippen LogP contribution < -0.4 is 4.74 Å². The summed E-state index contributed by atoms with van der Waals surface area (Å²) in [6, 6.07) is 17.3. The van der Waals surface area contributed by atoms with Gasteiger partial charge < -0.3 is 9.84 Å². The van der Waals surface area contributed by atoms with E-state index in [2.05, 4.69) is 0 Å². The number of nitrogens with zero attached hydrogens (tertiary/aromatic N) is 1. The van der Waals surface area contributed by atoms with Gasteiger partial charge >= 0.3 is 0 Å². The molecule has 1 unspecified atom stereocenters. The summed E-state index contributed by atoms with van der Waals surface area (Å²) in [5.74, 6) is 0.772. The Morgan fingerprint density at radius 3 is 2.62 bits per heavy atom. The maximum Gasteiger partial charge on any atom is 0.119 e. The maximum absolute atomic E-state index is 10.0. The lowest BCUT2D eigenvalue weighted by molar-refractivity contribution is 0.0744. The molecular weight excluding hydrogens is 286 g/mol. The van der Waals surface area contributed by atoms with Gasteiger partial charge in [-0.25, -0.2) is 0 Å². The average molecular weight is 306 g/mol. The van der Waals surface area contributed by atoms with Crippen LogP contribution in [0.2, 0.25) is 5.02 Å². The molecule has 0 aliphatic carbocycles. The minimum absolute atomic E-state index is 0.282. The largest absolute Gasteiger partial charge is 0.491 e. The predicted molar refractivity (Wildman–Crippen MR) is 85.7 cm³/mol. The highest BCUT2D eigenvalue weighted by atomic mass is 35.5. The number of hydrogen-bond donors (Lipinski definition) is 1. The van der Waals surface area contributed by atoms with Gasteiger partial charge in [-0.05, 0) is 36.9 Å². The quantitative estimate of drug-likeness (QED) is 0.852. The van der Waals surface area contributed by atoms with E-state index in [1.165, 1.54) is 0 Å². The second-order valence-electron chi connectivity index (χ2n) is 5.10. The molecular formula is C17H20ClNO2. The molecule has 0 aromatic heterocycles. The molecule has 2 rings (SSSR count). The van der Waals surface area contributed by atoms with Crippen LogP contribution in [0, 0.1) is 0 Å². The van der Waals surface area contributed by atoms with Crippen LogP contribution in [0.3, 0.4) is 0 Å². The highest BCUT2D eigenvalue weighted by molar-refractivity contribution is 6.30. The molecule has 4 heteroatoms. The molecule has 21 heavy (non-hydrogen) atoms. The Hall–Kier alpha value is -1.55. The summed E-state index contributed by atoms with van der Waals surface area (Å²) in [6.07, 6.45) is -0.533. The van der Waals surface area contributed by atoms with E-state index >= 15 is 0 Å². The van der Waals surface area contributed by atoms with E-state index in [4.69, 9.17) is 16.3 Å². The smallest absolute Gasteiger partial charge is 0.119 e. The minimum atomic E-state index is -0.533. The minimum Gasteiger partial charge on any atom is -0.491 e. The fourth-order valence-electron chi connectivity index (χ4n) is 2.13. The normalized spacial score (nSPS) is 12.4. The number of benzene rings is 2. The summed E-state index contributed by atoms with van der Waals surface area (Å²) in [7, 11) is 1.96. The van der Waals surface area contributed by atoms with E-state index in [9.17, 15) is 5.11 Å². The van der Waals surface area contributed by atoms with Crippen LogP contribution in [-0.4, -0.2) is 36.3 Å². The lowest BCUT2D eigenvalue weighted by Crippen LogP contribution is -2.32. The Labute approximate surface area is 130 Å². The first-order chi connectivity index (χ1) is 10.1. The van der Waals surface area contributed by atoms with Crippen LogP contribution in [-0.2, 0) is 6.54 Å². The number of rotatable bonds is 7. The Kier molecular flexibility index (Phi) is 6.05. The van der Waals surface area contributed by atoms with Crippen molar-refractivity contribution in [3.8, 4) is 5.75 Å².